The van der Waals surface area contributed by atoms with Gasteiger partial charge in [-0.25, -0.2) is 0 Å². The molecule has 1 fully saturated rings. The molecule has 35 heavy (non-hydrogen) atoms. The minimum absolute atomic E-state index is 0.262. The van der Waals surface area contributed by atoms with Gasteiger partial charge in [0.25, 0.3) is 12.9 Å². The van der Waals surface area contributed by atoms with Gasteiger partial charge in [0, 0.05) is 22.4 Å². The fourth-order valence-corrected chi connectivity index (χ4v) is 4.62. The summed E-state index contributed by atoms with van der Waals surface area (Å²) in [5, 5.41) is 10.1. The highest BCUT2D eigenvalue weighted by molar-refractivity contribution is 7.99. The van der Waals surface area contributed by atoms with Gasteiger partial charge in [-0.2, -0.15) is 0 Å². The highest BCUT2D eigenvalue weighted by Crippen LogP contribution is 2.34. The van der Waals surface area contributed by atoms with Crippen LogP contribution < -0.4 is 0 Å². The first-order chi connectivity index (χ1) is 17.0. The number of ether oxygens (including phenoxy) is 2. The third-order valence-electron chi connectivity index (χ3n) is 4.73. The minimum Gasteiger partial charge on any atom is -0.508 e. The maximum Gasteiger partial charge on any atom is 0.293 e. The number of aromatic hydroxyl groups is 1. The van der Waals surface area contributed by atoms with E-state index in [1.165, 1.54) is 31.8 Å². The number of thioether (sulfide) groups is 1. The molecule has 2 unspecified atom stereocenters. The van der Waals surface area contributed by atoms with Crippen molar-refractivity contribution in [2.45, 2.75) is 82.9 Å². The van der Waals surface area contributed by atoms with Crippen molar-refractivity contribution in [2.24, 2.45) is 5.92 Å². The van der Waals surface area contributed by atoms with E-state index in [0.717, 1.165) is 29.1 Å². The second-order valence-electron chi connectivity index (χ2n) is 7.57. The first-order valence-corrected chi connectivity index (χ1v) is 13.8. The quantitative estimate of drug-likeness (QED) is 0.0928. The summed E-state index contributed by atoms with van der Waals surface area (Å²) in [7, 11) is 0. The van der Waals surface area contributed by atoms with Crippen molar-refractivity contribution in [1.29, 1.82) is 0 Å². The summed E-state index contributed by atoms with van der Waals surface area (Å²) in [6.45, 7) is 13.1. The molecule has 0 heterocycles. The Morgan fingerprint density at radius 1 is 1.17 bits per heavy atom. The van der Waals surface area contributed by atoms with E-state index in [4.69, 9.17) is 11.6 Å². The van der Waals surface area contributed by atoms with E-state index in [0.29, 0.717) is 43.9 Å². The van der Waals surface area contributed by atoms with Crippen molar-refractivity contribution >= 4 is 36.3 Å². The smallest absolute Gasteiger partial charge is 0.293 e. The number of unbranched alkanes of at least 4 members (excludes halogenated alkanes) is 2. The fourth-order valence-electron chi connectivity index (χ4n) is 3.07. The SMILES string of the molecule is C/C=C\CCCC.C=CCOC=O.CC.O=COCCc1cc(O)cc(SCC2CCC(Cl)C2)c1. The molecule has 2 atom stereocenters. The molecule has 0 amide bonds. The number of hydrogen-bond donors (Lipinski definition) is 1. The summed E-state index contributed by atoms with van der Waals surface area (Å²) in [5.41, 5.74) is 0.982. The van der Waals surface area contributed by atoms with Crippen LogP contribution in [-0.4, -0.2) is 42.4 Å². The van der Waals surface area contributed by atoms with Crippen molar-refractivity contribution in [3.05, 3.63) is 48.6 Å². The molecule has 1 aliphatic rings. The highest BCUT2D eigenvalue weighted by atomic mass is 35.5. The summed E-state index contributed by atoms with van der Waals surface area (Å²) >= 11 is 7.88. The number of carbonyl (C=O) groups is 2. The van der Waals surface area contributed by atoms with Gasteiger partial charge in [-0.1, -0.05) is 58.4 Å². The number of alkyl halides is 1. The zero-order valence-corrected chi connectivity index (χ0v) is 23.5. The molecular formula is C28H45ClO5S. The lowest BCUT2D eigenvalue weighted by Gasteiger charge is -2.10. The van der Waals surface area contributed by atoms with Crippen LogP contribution in [0, 0.1) is 5.92 Å². The van der Waals surface area contributed by atoms with E-state index in [1.54, 1.807) is 23.9 Å². The van der Waals surface area contributed by atoms with Crippen LogP contribution in [0.5, 0.6) is 5.75 Å². The van der Waals surface area contributed by atoms with Gasteiger partial charge in [0.1, 0.15) is 12.4 Å². The first kappa shape index (κ1) is 35.2. The van der Waals surface area contributed by atoms with Gasteiger partial charge in [-0.3, -0.25) is 9.59 Å². The predicted octanol–water partition coefficient (Wildman–Crippen LogP) is 7.73. The van der Waals surface area contributed by atoms with Crippen molar-refractivity contribution in [3.63, 3.8) is 0 Å². The second-order valence-corrected chi connectivity index (χ2v) is 9.28. The van der Waals surface area contributed by atoms with Gasteiger partial charge in [0.2, 0.25) is 0 Å². The molecule has 5 nitrogen and oxygen atoms in total. The van der Waals surface area contributed by atoms with Crippen LogP contribution in [-0.2, 0) is 25.5 Å². The largest absolute Gasteiger partial charge is 0.508 e. The molecule has 200 valence electrons. The predicted molar refractivity (Wildman–Crippen MR) is 149 cm³/mol. The molecule has 0 bridgehead atoms. The number of halogens is 1. The van der Waals surface area contributed by atoms with Crippen molar-refractivity contribution in [2.75, 3.05) is 19.0 Å². The molecule has 0 saturated heterocycles. The maximum atomic E-state index is 10.1. The molecule has 0 radical (unpaired) electrons. The van der Waals surface area contributed by atoms with Crippen LogP contribution in [0.2, 0.25) is 0 Å². The second kappa shape index (κ2) is 26.7. The Balaban J connectivity index is 0. The zero-order chi connectivity index (χ0) is 26.7. The Kier molecular flexibility index (Phi) is 26.9. The number of phenolic OH excluding ortho intramolecular Hbond substituents is 1. The summed E-state index contributed by atoms with van der Waals surface area (Å²) in [6.07, 6.45) is 13.7. The molecule has 2 rings (SSSR count). The van der Waals surface area contributed by atoms with E-state index in [-0.39, 0.29) is 5.75 Å². The summed E-state index contributed by atoms with van der Waals surface area (Å²) in [4.78, 5) is 20.5. The number of hydrogen-bond acceptors (Lipinski definition) is 6. The van der Waals surface area contributed by atoms with E-state index in [1.807, 2.05) is 19.9 Å². The molecule has 1 N–H and O–H groups in total. The number of rotatable bonds is 13. The zero-order valence-electron chi connectivity index (χ0n) is 21.9. The Hall–Kier alpha value is -1.92. The molecule has 7 heteroatoms. The molecule has 0 aliphatic heterocycles. The topological polar surface area (TPSA) is 72.8 Å². The van der Waals surface area contributed by atoms with E-state index in [2.05, 4.69) is 42.1 Å². The average molecular weight is 529 g/mol. The van der Waals surface area contributed by atoms with Gasteiger partial charge in [-0.15, -0.1) is 23.4 Å². The third-order valence-corrected chi connectivity index (χ3v) is 6.34. The van der Waals surface area contributed by atoms with Crippen LogP contribution in [0.1, 0.15) is 71.8 Å². The summed E-state index contributed by atoms with van der Waals surface area (Å²) < 4.78 is 8.87. The minimum atomic E-state index is 0.262. The Morgan fingerprint density at radius 2 is 1.89 bits per heavy atom. The molecule has 0 spiro atoms. The monoisotopic (exact) mass is 528 g/mol. The number of phenols is 1. The molecular weight excluding hydrogens is 484 g/mol. The molecule has 0 aromatic heterocycles. The van der Waals surface area contributed by atoms with E-state index < -0.39 is 0 Å². The number of carbonyl (C=O) groups excluding carboxylic acids is 2. The Labute approximate surface area is 222 Å². The standard InChI is InChI=1S/C15H19ClO3S.C7H14.C4H6O2.C2H6/c16-13-2-1-12(5-13)9-20-15-7-11(3-4-19-10-17)6-14(18)8-15;1-3-5-7-6-4-2;1-2-3-6-4-5;1-2/h6-8,10,12-13,18H,1-5,9H2;3,5H,4,6-7H2,1-2H3;2,4H,1,3H2;1-2H3/b;5-3-;;. The number of allylic oxidation sites excluding steroid dienone is 2. The third kappa shape index (κ3) is 22.3. The molecule has 1 aromatic carbocycles. The summed E-state index contributed by atoms with van der Waals surface area (Å²) in [6, 6.07) is 5.54. The van der Waals surface area contributed by atoms with Crippen LogP contribution in [0.25, 0.3) is 0 Å². The maximum absolute atomic E-state index is 10.1. The van der Waals surface area contributed by atoms with Gasteiger partial charge in [0.05, 0.1) is 6.61 Å². The van der Waals surface area contributed by atoms with Crippen molar-refractivity contribution < 1.29 is 24.2 Å². The summed E-state index contributed by atoms with van der Waals surface area (Å²) in [5.74, 6) is 1.97. The molecule has 1 saturated carbocycles. The van der Waals surface area contributed by atoms with Crippen LogP contribution in [0.3, 0.4) is 0 Å². The Bertz CT molecular complexity index is 673. The molecule has 1 aromatic rings. The lowest BCUT2D eigenvalue weighted by Crippen LogP contribution is -1.99. The van der Waals surface area contributed by atoms with Crippen LogP contribution in [0.4, 0.5) is 0 Å². The first-order valence-electron chi connectivity index (χ1n) is 12.4. The van der Waals surface area contributed by atoms with Gasteiger partial charge in [0.15, 0.2) is 0 Å². The van der Waals surface area contributed by atoms with Gasteiger partial charge >= 0.3 is 0 Å². The highest BCUT2D eigenvalue weighted by Gasteiger charge is 2.22. The van der Waals surface area contributed by atoms with Gasteiger partial charge in [-0.05, 0) is 62.3 Å². The molecule has 1 aliphatic carbocycles. The normalized spacial score (nSPS) is 15.9. The number of benzene rings is 1. The van der Waals surface area contributed by atoms with Crippen molar-refractivity contribution in [1.82, 2.24) is 0 Å². The lowest BCUT2D eigenvalue weighted by atomic mass is 10.1. The average Bonchev–Trinajstić information content (AvgIpc) is 3.29. The Morgan fingerprint density at radius 3 is 2.40 bits per heavy atom. The van der Waals surface area contributed by atoms with E-state index >= 15 is 0 Å². The van der Waals surface area contributed by atoms with Crippen LogP contribution >= 0.6 is 23.4 Å². The van der Waals surface area contributed by atoms with Crippen LogP contribution in [0.15, 0.2) is 47.9 Å². The lowest BCUT2D eigenvalue weighted by molar-refractivity contribution is -0.129. The van der Waals surface area contributed by atoms with Crippen molar-refractivity contribution in [3.8, 4) is 5.75 Å². The van der Waals surface area contributed by atoms with Gasteiger partial charge < -0.3 is 14.6 Å². The fraction of sp³-hybridized carbons (Fsp3) is 0.571. The van der Waals surface area contributed by atoms with E-state index in [9.17, 15) is 14.7 Å².